The van der Waals surface area contributed by atoms with Crippen LogP contribution >= 0.6 is 0 Å². The van der Waals surface area contributed by atoms with Crippen molar-refractivity contribution in [2.24, 2.45) is 0 Å². The number of rotatable bonds is 3. The second kappa shape index (κ2) is 5.97. The number of anilines is 2. The zero-order valence-electron chi connectivity index (χ0n) is 11.7. The predicted octanol–water partition coefficient (Wildman–Crippen LogP) is 2.57. The molecule has 0 saturated heterocycles. The van der Waals surface area contributed by atoms with E-state index < -0.39 is 6.10 Å². The monoisotopic (exact) mass is 282 g/mol. The first kappa shape index (κ1) is 13.6. The van der Waals surface area contributed by atoms with Gasteiger partial charge in [0, 0.05) is 19.5 Å². The summed E-state index contributed by atoms with van der Waals surface area (Å²) in [6, 6.07) is 17.3. The number of fused-ring (bicyclic) bond motifs is 1. The Hall–Kier alpha value is -2.33. The molecule has 1 aliphatic heterocycles. The number of amides is 1. The minimum atomic E-state index is -0.576. The van der Waals surface area contributed by atoms with E-state index in [0.717, 1.165) is 16.9 Å². The Balaban J connectivity index is 1.83. The van der Waals surface area contributed by atoms with Crippen LogP contribution in [0.2, 0.25) is 0 Å². The summed E-state index contributed by atoms with van der Waals surface area (Å²) >= 11 is 0. The van der Waals surface area contributed by atoms with Crippen LogP contribution in [-0.4, -0.2) is 24.1 Å². The van der Waals surface area contributed by atoms with Crippen molar-refractivity contribution in [1.82, 2.24) is 0 Å². The van der Waals surface area contributed by atoms with Gasteiger partial charge in [-0.1, -0.05) is 42.5 Å². The lowest BCUT2D eigenvalue weighted by atomic mass is 10.1. The molecule has 0 aromatic heterocycles. The number of aliphatic hydroxyl groups excluding tert-OH is 1. The molecule has 0 radical (unpaired) electrons. The third-order valence-corrected chi connectivity index (χ3v) is 3.71. The van der Waals surface area contributed by atoms with Gasteiger partial charge in [0.2, 0.25) is 5.91 Å². The Morgan fingerprint density at radius 2 is 1.81 bits per heavy atom. The maximum absolute atomic E-state index is 11.7. The molecule has 0 aliphatic carbocycles. The van der Waals surface area contributed by atoms with E-state index in [9.17, 15) is 9.90 Å². The molecular weight excluding hydrogens is 264 g/mol. The van der Waals surface area contributed by atoms with Gasteiger partial charge in [0.15, 0.2) is 0 Å². The van der Waals surface area contributed by atoms with Crippen molar-refractivity contribution in [3.63, 3.8) is 0 Å². The summed E-state index contributed by atoms with van der Waals surface area (Å²) in [5.41, 5.74) is 2.65. The fourth-order valence-corrected chi connectivity index (χ4v) is 2.60. The third-order valence-electron chi connectivity index (χ3n) is 3.71. The van der Waals surface area contributed by atoms with E-state index in [1.807, 2.05) is 54.6 Å². The van der Waals surface area contributed by atoms with Crippen LogP contribution in [0.4, 0.5) is 11.4 Å². The van der Waals surface area contributed by atoms with Crippen LogP contribution in [0.25, 0.3) is 0 Å². The molecule has 2 aromatic carbocycles. The van der Waals surface area contributed by atoms with Crippen molar-refractivity contribution >= 4 is 17.3 Å². The maximum atomic E-state index is 11.7. The number of nitrogens with zero attached hydrogens (tertiary/aromatic N) is 1. The Kier molecular flexibility index (Phi) is 3.88. The fourth-order valence-electron chi connectivity index (χ4n) is 2.60. The minimum Gasteiger partial charge on any atom is -0.387 e. The molecular formula is C17H18N2O2. The van der Waals surface area contributed by atoms with E-state index in [1.165, 1.54) is 0 Å². The second-order valence-corrected chi connectivity index (χ2v) is 5.19. The van der Waals surface area contributed by atoms with E-state index >= 15 is 0 Å². The molecule has 1 heterocycles. The number of hydrogen-bond donors (Lipinski definition) is 2. The molecule has 3 rings (SSSR count). The van der Waals surface area contributed by atoms with E-state index in [-0.39, 0.29) is 5.91 Å². The van der Waals surface area contributed by atoms with Crippen molar-refractivity contribution in [3.8, 4) is 0 Å². The van der Waals surface area contributed by atoms with E-state index in [1.54, 1.807) is 0 Å². The molecule has 0 bridgehead atoms. The zero-order chi connectivity index (χ0) is 14.7. The topological polar surface area (TPSA) is 52.6 Å². The summed E-state index contributed by atoms with van der Waals surface area (Å²) in [6.07, 6.45) is -0.150. The molecule has 1 aliphatic rings. The van der Waals surface area contributed by atoms with Crippen LogP contribution in [0.15, 0.2) is 54.6 Å². The van der Waals surface area contributed by atoms with Crippen LogP contribution in [0.1, 0.15) is 18.1 Å². The molecule has 0 saturated carbocycles. The van der Waals surface area contributed by atoms with Gasteiger partial charge in [-0.2, -0.15) is 0 Å². The van der Waals surface area contributed by atoms with Crippen LogP contribution in [0.3, 0.4) is 0 Å². The minimum absolute atomic E-state index is 0.0131. The lowest BCUT2D eigenvalue weighted by molar-refractivity contribution is -0.116. The Morgan fingerprint density at radius 3 is 2.62 bits per heavy atom. The van der Waals surface area contributed by atoms with E-state index in [4.69, 9.17) is 0 Å². The molecule has 4 heteroatoms. The van der Waals surface area contributed by atoms with Gasteiger partial charge in [0.25, 0.3) is 0 Å². The number of carbonyl (C=O) groups is 1. The lowest BCUT2D eigenvalue weighted by Crippen LogP contribution is -2.29. The van der Waals surface area contributed by atoms with Gasteiger partial charge in [-0.3, -0.25) is 4.79 Å². The van der Waals surface area contributed by atoms with Crippen molar-refractivity contribution in [2.75, 3.05) is 23.3 Å². The molecule has 1 atom stereocenters. The van der Waals surface area contributed by atoms with Gasteiger partial charge in [-0.05, 0) is 17.7 Å². The van der Waals surface area contributed by atoms with Crippen molar-refractivity contribution in [1.29, 1.82) is 0 Å². The molecule has 1 amide bonds. The zero-order valence-corrected chi connectivity index (χ0v) is 11.7. The summed E-state index contributed by atoms with van der Waals surface area (Å²) in [6.45, 7) is 1.07. The van der Waals surface area contributed by atoms with Crippen LogP contribution in [0, 0.1) is 0 Å². The van der Waals surface area contributed by atoms with Crippen LogP contribution in [-0.2, 0) is 4.79 Å². The smallest absolute Gasteiger partial charge is 0.226 e. The number of β-amino-alcohol motifs (C(OH)–C–C–N with tert-alkyl or cyclic N) is 1. The number of para-hydroxylation sites is 2. The standard InChI is InChI=1S/C17H18N2O2/c20-16(13-6-2-1-3-7-13)12-19-11-10-17(21)18-14-8-4-5-9-15(14)19/h1-9,16,20H,10-12H2,(H,18,21). The molecule has 2 aromatic rings. The molecule has 2 N–H and O–H groups in total. The Morgan fingerprint density at radius 1 is 1.10 bits per heavy atom. The number of hydrogen-bond acceptors (Lipinski definition) is 3. The molecule has 21 heavy (non-hydrogen) atoms. The maximum Gasteiger partial charge on any atom is 0.226 e. The molecule has 0 fully saturated rings. The lowest BCUT2D eigenvalue weighted by Gasteiger charge is -2.26. The quantitative estimate of drug-likeness (QED) is 0.909. The van der Waals surface area contributed by atoms with Gasteiger partial charge in [-0.25, -0.2) is 0 Å². The Bertz CT molecular complexity index is 628. The fraction of sp³-hybridized carbons (Fsp3) is 0.235. The van der Waals surface area contributed by atoms with Gasteiger partial charge in [-0.15, -0.1) is 0 Å². The van der Waals surface area contributed by atoms with Gasteiger partial charge in [0.05, 0.1) is 17.5 Å². The molecule has 4 nitrogen and oxygen atoms in total. The van der Waals surface area contributed by atoms with Crippen molar-refractivity contribution in [2.45, 2.75) is 12.5 Å². The Labute approximate surface area is 124 Å². The van der Waals surface area contributed by atoms with Crippen LogP contribution < -0.4 is 10.2 Å². The third kappa shape index (κ3) is 3.06. The highest BCUT2D eigenvalue weighted by molar-refractivity contribution is 5.96. The summed E-state index contributed by atoms with van der Waals surface area (Å²) < 4.78 is 0. The SMILES string of the molecule is O=C1CCN(CC(O)c2ccccc2)c2ccccc2N1. The number of benzene rings is 2. The van der Waals surface area contributed by atoms with E-state index in [0.29, 0.717) is 19.5 Å². The average Bonchev–Trinajstić information content (AvgIpc) is 2.67. The van der Waals surface area contributed by atoms with Gasteiger partial charge < -0.3 is 15.3 Å². The number of carbonyl (C=O) groups excluding carboxylic acids is 1. The van der Waals surface area contributed by atoms with Crippen LogP contribution in [0.5, 0.6) is 0 Å². The summed E-state index contributed by atoms with van der Waals surface area (Å²) in [5.74, 6) is 0.0131. The summed E-state index contributed by atoms with van der Waals surface area (Å²) in [5, 5.41) is 13.3. The largest absolute Gasteiger partial charge is 0.387 e. The van der Waals surface area contributed by atoms with Crippen molar-refractivity contribution < 1.29 is 9.90 Å². The summed E-state index contributed by atoms with van der Waals surface area (Å²) in [7, 11) is 0. The van der Waals surface area contributed by atoms with Gasteiger partial charge in [0.1, 0.15) is 0 Å². The highest BCUT2D eigenvalue weighted by Crippen LogP contribution is 2.29. The highest BCUT2D eigenvalue weighted by Gasteiger charge is 2.21. The predicted molar refractivity (Wildman–Crippen MR) is 83.3 cm³/mol. The second-order valence-electron chi connectivity index (χ2n) is 5.19. The first-order chi connectivity index (χ1) is 10.2. The molecule has 108 valence electrons. The normalized spacial score (nSPS) is 15.9. The highest BCUT2D eigenvalue weighted by atomic mass is 16.3. The van der Waals surface area contributed by atoms with Gasteiger partial charge >= 0.3 is 0 Å². The number of nitrogens with one attached hydrogen (secondary N) is 1. The molecule has 0 spiro atoms. The number of aliphatic hydroxyl groups is 1. The first-order valence-corrected chi connectivity index (χ1v) is 7.11. The first-order valence-electron chi connectivity index (χ1n) is 7.11. The molecule has 1 unspecified atom stereocenters. The van der Waals surface area contributed by atoms with Crippen molar-refractivity contribution in [3.05, 3.63) is 60.2 Å². The summed E-state index contributed by atoms with van der Waals surface area (Å²) in [4.78, 5) is 13.8. The average molecular weight is 282 g/mol. The van der Waals surface area contributed by atoms with E-state index in [2.05, 4.69) is 10.2 Å².